The molecule has 3 rings (SSSR count). The molecule has 122 valence electrons. The van der Waals surface area contributed by atoms with Crippen LogP contribution in [0.3, 0.4) is 0 Å². The van der Waals surface area contributed by atoms with Gasteiger partial charge in [-0.25, -0.2) is 0 Å². The van der Waals surface area contributed by atoms with Gasteiger partial charge in [-0.1, -0.05) is 25.4 Å². The second-order valence-corrected chi connectivity index (χ2v) is 8.71. The molecule has 0 saturated carbocycles. The summed E-state index contributed by atoms with van der Waals surface area (Å²) in [6.45, 7) is 6.49. The lowest BCUT2D eigenvalue weighted by Crippen LogP contribution is -2.45. The molecular formula is C15H21ClN2O3S. The molecule has 0 amide bonds. The monoisotopic (exact) mass is 344 g/mol. The van der Waals surface area contributed by atoms with Crippen LogP contribution in [0.4, 0.5) is 5.69 Å². The van der Waals surface area contributed by atoms with Gasteiger partial charge in [-0.2, -0.15) is 12.7 Å². The van der Waals surface area contributed by atoms with Crippen LogP contribution in [0.1, 0.15) is 25.8 Å². The van der Waals surface area contributed by atoms with Gasteiger partial charge >= 0.3 is 10.2 Å². The SMILES string of the molecule is CC1(C)CN(S(=O)(=O)N2CCCOCC2)c2ccc(Cl)cc21. The van der Waals surface area contributed by atoms with Gasteiger partial charge in [0.15, 0.2) is 0 Å². The first-order valence-electron chi connectivity index (χ1n) is 7.48. The summed E-state index contributed by atoms with van der Waals surface area (Å²) < 4.78 is 34.5. The summed E-state index contributed by atoms with van der Waals surface area (Å²) in [6.07, 6.45) is 0.726. The van der Waals surface area contributed by atoms with E-state index in [1.807, 2.05) is 19.9 Å². The third-order valence-electron chi connectivity index (χ3n) is 4.28. The Morgan fingerprint density at radius 1 is 1.23 bits per heavy atom. The summed E-state index contributed by atoms with van der Waals surface area (Å²) in [4.78, 5) is 0. The molecule has 1 aromatic carbocycles. The molecule has 7 heteroatoms. The lowest BCUT2D eigenvalue weighted by Gasteiger charge is -2.28. The lowest BCUT2D eigenvalue weighted by molar-refractivity contribution is 0.148. The van der Waals surface area contributed by atoms with Gasteiger partial charge in [-0.05, 0) is 30.2 Å². The van der Waals surface area contributed by atoms with Crippen molar-refractivity contribution >= 4 is 27.5 Å². The van der Waals surface area contributed by atoms with E-state index in [4.69, 9.17) is 16.3 Å². The molecule has 2 heterocycles. The molecule has 0 aliphatic carbocycles. The second-order valence-electron chi connectivity index (χ2n) is 6.42. The average molecular weight is 345 g/mol. The van der Waals surface area contributed by atoms with Gasteiger partial charge in [0, 0.05) is 36.7 Å². The van der Waals surface area contributed by atoms with E-state index in [1.165, 1.54) is 8.61 Å². The van der Waals surface area contributed by atoms with E-state index in [1.54, 1.807) is 12.1 Å². The Hall–Kier alpha value is -0.820. The van der Waals surface area contributed by atoms with Crippen molar-refractivity contribution in [3.63, 3.8) is 0 Å². The third kappa shape index (κ3) is 2.73. The number of anilines is 1. The van der Waals surface area contributed by atoms with Crippen molar-refractivity contribution < 1.29 is 13.2 Å². The van der Waals surface area contributed by atoms with Gasteiger partial charge in [-0.15, -0.1) is 0 Å². The predicted molar refractivity (Wildman–Crippen MR) is 87.8 cm³/mol. The van der Waals surface area contributed by atoms with Gasteiger partial charge in [0.1, 0.15) is 0 Å². The Morgan fingerprint density at radius 3 is 2.77 bits per heavy atom. The molecular weight excluding hydrogens is 324 g/mol. The zero-order valence-corrected chi connectivity index (χ0v) is 14.5. The highest BCUT2D eigenvalue weighted by Crippen LogP contribution is 2.43. The summed E-state index contributed by atoms with van der Waals surface area (Å²) >= 11 is 6.09. The van der Waals surface area contributed by atoms with Crippen molar-refractivity contribution in [3.05, 3.63) is 28.8 Å². The van der Waals surface area contributed by atoms with E-state index in [-0.39, 0.29) is 5.41 Å². The van der Waals surface area contributed by atoms with Crippen LogP contribution in [0, 0.1) is 0 Å². The van der Waals surface area contributed by atoms with E-state index >= 15 is 0 Å². The Morgan fingerprint density at radius 2 is 2.00 bits per heavy atom. The van der Waals surface area contributed by atoms with Crippen LogP contribution < -0.4 is 4.31 Å². The summed E-state index contributed by atoms with van der Waals surface area (Å²) in [7, 11) is -3.54. The van der Waals surface area contributed by atoms with Crippen LogP contribution >= 0.6 is 11.6 Å². The van der Waals surface area contributed by atoms with Crippen molar-refractivity contribution in [1.82, 2.24) is 4.31 Å². The van der Waals surface area contributed by atoms with E-state index in [0.717, 1.165) is 17.7 Å². The molecule has 2 aliphatic rings. The number of fused-ring (bicyclic) bond motifs is 1. The second kappa shape index (κ2) is 5.67. The summed E-state index contributed by atoms with van der Waals surface area (Å²) in [5.41, 5.74) is 1.46. The van der Waals surface area contributed by atoms with Crippen LogP contribution in [0.25, 0.3) is 0 Å². The number of benzene rings is 1. The maximum Gasteiger partial charge on any atom is 0.304 e. The van der Waals surface area contributed by atoms with Crippen LogP contribution in [-0.4, -0.2) is 45.6 Å². The van der Waals surface area contributed by atoms with Crippen molar-refractivity contribution in [2.24, 2.45) is 0 Å². The standard InChI is InChI=1S/C15H21ClN2O3S/c1-15(2)11-18(14-5-4-12(16)10-13(14)15)22(19,20)17-6-3-8-21-9-7-17/h4-5,10H,3,6-9,11H2,1-2H3. The molecule has 1 saturated heterocycles. The molecule has 0 bridgehead atoms. The topological polar surface area (TPSA) is 49.9 Å². The largest absolute Gasteiger partial charge is 0.380 e. The van der Waals surface area contributed by atoms with Crippen molar-refractivity contribution in [2.75, 3.05) is 37.2 Å². The van der Waals surface area contributed by atoms with Crippen LogP contribution in [0.5, 0.6) is 0 Å². The van der Waals surface area contributed by atoms with Crippen molar-refractivity contribution in [2.45, 2.75) is 25.7 Å². The number of rotatable bonds is 2. The molecule has 1 aromatic rings. The highest BCUT2D eigenvalue weighted by atomic mass is 35.5. The quantitative estimate of drug-likeness (QED) is 0.827. The Bertz CT molecular complexity index is 667. The zero-order valence-electron chi connectivity index (χ0n) is 12.9. The lowest BCUT2D eigenvalue weighted by atomic mass is 9.87. The molecule has 5 nitrogen and oxygen atoms in total. The van der Waals surface area contributed by atoms with Gasteiger partial charge in [0.25, 0.3) is 0 Å². The van der Waals surface area contributed by atoms with E-state index in [2.05, 4.69) is 0 Å². The number of hydrogen-bond acceptors (Lipinski definition) is 3. The first-order chi connectivity index (χ1) is 10.3. The maximum absolute atomic E-state index is 13.0. The van der Waals surface area contributed by atoms with Crippen molar-refractivity contribution in [3.8, 4) is 0 Å². The molecule has 0 aromatic heterocycles. The normalized spacial score (nSPS) is 22.4. The highest BCUT2D eigenvalue weighted by Gasteiger charge is 2.42. The zero-order chi connectivity index (χ0) is 16.0. The Labute approximate surface area is 137 Å². The first-order valence-corrected chi connectivity index (χ1v) is 9.25. The minimum Gasteiger partial charge on any atom is -0.380 e. The Balaban J connectivity index is 1.99. The number of nitrogens with zero attached hydrogens (tertiary/aromatic N) is 2. The van der Waals surface area contributed by atoms with E-state index < -0.39 is 10.2 Å². The van der Waals surface area contributed by atoms with E-state index in [0.29, 0.717) is 37.9 Å². The van der Waals surface area contributed by atoms with E-state index in [9.17, 15) is 8.42 Å². The molecule has 0 spiro atoms. The molecule has 1 fully saturated rings. The minimum atomic E-state index is -3.54. The molecule has 0 unspecified atom stereocenters. The fourth-order valence-electron chi connectivity index (χ4n) is 3.10. The minimum absolute atomic E-state index is 0.254. The van der Waals surface area contributed by atoms with Gasteiger partial charge in [0.2, 0.25) is 0 Å². The van der Waals surface area contributed by atoms with Crippen LogP contribution in [0.15, 0.2) is 18.2 Å². The third-order valence-corrected chi connectivity index (χ3v) is 6.42. The number of hydrogen-bond donors (Lipinski definition) is 0. The van der Waals surface area contributed by atoms with Gasteiger partial charge in [0.05, 0.1) is 12.3 Å². The molecule has 0 radical (unpaired) electrons. The summed E-state index contributed by atoms with van der Waals surface area (Å²) in [5, 5.41) is 0.634. The smallest absolute Gasteiger partial charge is 0.304 e. The predicted octanol–water partition coefficient (Wildman–Crippen LogP) is 2.40. The Kier molecular flexibility index (Phi) is 4.14. The van der Waals surface area contributed by atoms with Crippen molar-refractivity contribution in [1.29, 1.82) is 0 Å². The van der Waals surface area contributed by atoms with Gasteiger partial charge < -0.3 is 4.74 Å². The summed E-state index contributed by atoms with van der Waals surface area (Å²) in [6, 6.07) is 5.42. The number of halogens is 1. The fourth-order valence-corrected chi connectivity index (χ4v) is 5.11. The maximum atomic E-state index is 13.0. The van der Waals surface area contributed by atoms with Gasteiger partial charge in [-0.3, -0.25) is 4.31 Å². The summed E-state index contributed by atoms with van der Waals surface area (Å²) in [5.74, 6) is 0. The molecule has 2 aliphatic heterocycles. The van der Waals surface area contributed by atoms with Crippen LogP contribution in [-0.2, 0) is 20.4 Å². The first kappa shape index (κ1) is 16.1. The van der Waals surface area contributed by atoms with Crippen LogP contribution in [0.2, 0.25) is 5.02 Å². The molecule has 0 atom stereocenters. The molecule has 0 N–H and O–H groups in total. The fraction of sp³-hybridized carbons (Fsp3) is 0.600. The number of ether oxygens (including phenoxy) is 1. The average Bonchev–Trinajstić information content (AvgIpc) is 2.65. The molecule has 22 heavy (non-hydrogen) atoms. The highest BCUT2D eigenvalue weighted by molar-refractivity contribution is 7.90.